The summed E-state index contributed by atoms with van der Waals surface area (Å²) < 4.78 is 9.59. The van der Waals surface area contributed by atoms with Gasteiger partial charge in [-0.25, -0.2) is 0 Å². The molecular formula is C15H18Cl2O3. The zero-order valence-corrected chi connectivity index (χ0v) is 12.7. The Kier molecular flexibility index (Phi) is 5.70. The van der Waals surface area contributed by atoms with E-state index < -0.39 is 4.33 Å². The van der Waals surface area contributed by atoms with Crippen molar-refractivity contribution in [1.82, 2.24) is 0 Å². The van der Waals surface area contributed by atoms with Crippen molar-refractivity contribution in [2.45, 2.75) is 30.2 Å². The minimum absolute atomic E-state index is 0.0730. The summed E-state index contributed by atoms with van der Waals surface area (Å²) in [5, 5.41) is 0. The predicted molar refractivity (Wildman–Crippen MR) is 78.8 cm³/mol. The predicted octanol–water partition coefficient (Wildman–Crippen LogP) is 3.72. The number of ether oxygens (including phenoxy) is 2. The Labute approximate surface area is 129 Å². The highest BCUT2D eigenvalue weighted by atomic mass is 35.5. The van der Waals surface area contributed by atoms with E-state index in [4.69, 9.17) is 32.7 Å². The maximum atomic E-state index is 11.7. The first-order chi connectivity index (χ1) is 9.58. The molecule has 2 rings (SSSR count). The molecule has 0 N–H and O–H groups in total. The summed E-state index contributed by atoms with van der Waals surface area (Å²) >= 11 is 12.4. The van der Waals surface area contributed by atoms with Gasteiger partial charge in [0.2, 0.25) is 0 Å². The maximum absolute atomic E-state index is 11.7. The van der Waals surface area contributed by atoms with Gasteiger partial charge in [-0.15, -0.1) is 0 Å². The van der Waals surface area contributed by atoms with Gasteiger partial charge in [0.25, 0.3) is 0 Å². The summed E-state index contributed by atoms with van der Waals surface area (Å²) in [6.07, 6.45) is 1.74. The van der Waals surface area contributed by atoms with Gasteiger partial charge in [0.05, 0.1) is 6.61 Å². The van der Waals surface area contributed by atoms with Gasteiger partial charge in [-0.1, -0.05) is 53.5 Å². The number of halogens is 2. The molecule has 1 atom stereocenters. The molecule has 1 fully saturated rings. The van der Waals surface area contributed by atoms with Gasteiger partial charge < -0.3 is 9.47 Å². The van der Waals surface area contributed by atoms with E-state index in [0.717, 1.165) is 12.0 Å². The molecule has 5 heteroatoms. The van der Waals surface area contributed by atoms with E-state index in [9.17, 15) is 4.79 Å². The largest absolute Gasteiger partial charge is 0.461 e. The highest BCUT2D eigenvalue weighted by Crippen LogP contribution is 2.39. The molecule has 3 nitrogen and oxygen atoms in total. The molecule has 1 aromatic carbocycles. The number of carbonyl (C=O) groups excluding carboxylic acids is 1. The van der Waals surface area contributed by atoms with Crippen molar-refractivity contribution in [2.24, 2.45) is 5.92 Å². The van der Waals surface area contributed by atoms with Crippen LogP contribution in [0.5, 0.6) is 0 Å². The quantitative estimate of drug-likeness (QED) is 0.613. The Bertz CT molecular complexity index is 434. The van der Waals surface area contributed by atoms with Crippen molar-refractivity contribution < 1.29 is 14.3 Å². The van der Waals surface area contributed by atoms with Crippen molar-refractivity contribution in [3.8, 4) is 0 Å². The smallest absolute Gasteiger partial charge is 0.306 e. The van der Waals surface area contributed by atoms with Crippen LogP contribution in [0.2, 0.25) is 0 Å². The molecule has 0 saturated carbocycles. The van der Waals surface area contributed by atoms with E-state index >= 15 is 0 Å². The first-order valence-electron chi connectivity index (χ1n) is 6.73. The van der Waals surface area contributed by atoms with Gasteiger partial charge in [-0.2, -0.15) is 0 Å². The minimum Gasteiger partial charge on any atom is -0.461 e. The summed E-state index contributed by atoms with van der Waals surface area (Å²) in [6, 6.07) is 9.61. The third-order valence-corrected chi connectivity index (χ3v) is 4.28. The Morgan fingerprint density at radius 3 is 2.80 bits per heavy atom. The van der Waals surface area contributed by atoms with Crippen LogP contribution >= 0.6 is 23.2 Å². The number of esters is 1. The first kappa shape index (κ1) is 15.6. The molecule has 1 unspecified atom stereocenters. The summed E-state index contributed by atoms with van der Waals surface area (Å²) in [6.45, 7) is 1.27. The lowest BCUT2D eigenvalue weighted by Crippen LogP contribution is -2.37. The molecule has 1 saturated heterocycles. The zero-order valence-electron chi connectivity index (χ0n) is 11.2. The normalized spacial score (nSPS) is 21.4. The number of alkyl halides is 2. The second-order valence-corrected chi connectivity index (χ2v) is 6.53. The van der Waals surface area contributed by atoms with Crippen LogP contribution in [0.3, 0.4) is 0 Å². The first-order valence-corrected chi connectivity index (χ1v) is 7.48. The number of rotatable bonds is 5. The number of benzene rings is 1. The average molecular weight is 317 g/mol. The summed E-state index contributed by atoms with van der Waals surface area (Å²) in [5.74, 6) is -0.145. The lowest BCUT2D eigenvalue weighted by molar-refractivity contribution is -0.145. The third kappa shape index (κ3) is 4.65. The van der Waals surface area contributed by atoms with Crippen LogP contribution in [0.4, 0.5) is 0 Å². The molecule has 0 aromatic heterocycles. The molecule has 1 heterocycles. The number of hydrogen-bond donors (Lipinski definition) is 0. The van der Waals surface area contributed by atoms with Crippen LogP contribution in [0.1, 0.15) is 24.8 Å². The Hall–Kier alpha value is -0.770. The molecule has 1 aliphatic heterocycles. The topological polar surface area (TPSA) is 35.5 Å². The fraction of sp³-hybridized carbons (Fsp3) is 0.533. The highest BCUT2D eigenvalue weighted by molar-refractivity contribution is 6.48. The van der Waals surface area contributed by atoms with E-state index in [0.29, 0.717) is 32.7 Å². The van der Waals surface area contributed by atoms with Gasteiger partial charge >= 0.3 is 5.97 Å². The standard InChI is InChI=1S/C15H18Cl2O3/c16-15(17)11-19-9-8-13(15)6-7-14(18)20-10-12-4-2-1-3-5-12/h1-5,13H,6-11H2. The molecule has 1 aliphatic rings. The molecule has 1 aromatic rings. The number of hydrogen-bond acceptors (Lipinski definition) is 3. The van der Waals surface area contributed by atoms with Crippen LogP contribution < -0.4 is 0 Å². The van der Waals surface area contributed by atoms with Crippen LogP contribution in [-0.4, -0.2) is 23.5 Å². The summed E-state index contributed by atoms with van der Waals surface area (Å²) in [5.41, 5.74) is 0.982. The molecule has 0 amide bonds. The van der Waals surface area contributed by atoms with E-state index in [-0.39, 0.29) is 11.9 Å². The third-order valence-electron chi connectivity index (χ3n) is 3.44. The molecule has 0 bridgehead atoms. The van der Waals surface area contributed by atoms with E-state index in [2.05, 4.69) is 0 Å². The van der Waals surface area contributed by atoms with Gasteiger partial charge in [0.15, 0.2) is 0 Å². The Morgan fingerprint density at radius 2 is 2.10 bits per heavy atom. The molecule has 0 aliphatic carbocycles. The Balaban J connectivity index is 1.72. The monoisotopic (exact) mass is 316 g/mol. The average Bonchev–Trinajstić information content (AvgIpc) is 2.44. The highest BCUT2D eigenvalue weighted by Gasteiger charge is 2.38. The second-order valence-electron chi connectivity index (χ2n) is 4.98. The maximum Gasteiger partial charge on any atom is 0.306 e. The van der Waals surface area contributed by atoms with Crippen LogP contribution in [0.15, 0.2) is 30.3 Å². The van der Waals surface area contributed by atoms with Gasteiger partial charge in [0, 0.05) is 13.0 Å². The lowest BCUT2D eigenvalue weighted by atomic mass is 9.94. The van der Waals surface area contributed by atoms with Crippen molar-refractivity contribution in [2.75, 3.05) is 13.2 Å². The fourth-order valence-corrected chi connectivity index (χ4v) is 2.81. The van der Waals surface area contributed by atoms with Crippen molar-refractivity contribution >= 4 is 29.2 Å². The summed E-state index contributed by atoms with van der Waals surface area (Å²) in [4.78, 5) is 11.7. The molecule has 0 radical (unpaired) electrons. The van der Waals surface area contributed by atoms with Gasteiger partial charge in [0.1, 0.15) is 10.9 Å². The number of carbonyl (C=O) groups is 1. The Morgan fingerprint density at radius 1 is 1.35 bits per heavy atom. The molecule has 0 spiro atoms. The van der Waals surface area contributed by atoms with Gasteiger partial charge in [-0.05, 0) is 24.3 Å². The minimum atomic E-state index is -0.891. The van der Waals surface area contributed by atoms with Gasteiger partial charge in [-0.3, -0.25) is 4.79 Å². The van der Waals surface area contributed by atoms with Crippen LogP contribution in [0, 0.1) is 5.92 Å². The van der Waals surface area contributed by atoms with Crippen LogP contribution in [0.25, 0.3) is 0 Å². The van der Waals surface area contributed by atoms with Crippen molar-refractivity contribution in [3.05, 3.63) is 35.9 Å². The van der Waals surface area contributed by atoms with Crippen molar-refractivity contribution in [1.29, 1.82) is 0 Å². The molecule has 110 valence electrons. The zero-order chi connectivity index (χ0) is 14.4. The molecule has 20 heavy (non-hydrogen) atoms. The van der Waals surface area contributed by atoms with E-state index in [1.54, 1.807) is 0 Å². The summed E-state index contributed by atoms with van der Waals surface area (Å²) in [7, 11) is 0. The molecular weight excluding hydrogens is 299 g/mol. The van der Waals surface area contributed by atoms with E-state index in [1.807, 2.05) is 30.3 Å². The lowest BCUT2D eigenvalue weighted by Gasteiger charge is -2.33. The fourth-order valence-electron chi connectivity index (χ4n) is 2.22. The van der Waals surface area contributed by atoms with Crippen molar-refractivity contribution in [3.63, 3.8) is 0 Å². The van der Waals surface area contributed by atoms with Crippen LogP contribution in [-0.2, 0) is 20.9 Å². The second kappa shape index (κ2) is 7.30. The SMILES string of the molecule is O=C(CCC1CCOCC1(Cl)Cl)OCc1ccccc1. The van der Waals surface area contributed by atoms with E-state index in [1.165, 1.54) is 0 Å².